The molecular weight excluding hydrogens is 560 g/mol. The molecule has 0 aliphatic carbocycles. The Labute approximate surface area is 258 Å². The summed E-state index contributed by atoms with van der Waals surface area (Å²) in [7, 11) is -4.36. The minimum atomic E-state index is -4.36. The largest absolute Gasteiger partial charge is 1.00 e. The summed E-state index contributed by atoms with van der Waals surface area (Å²) >= 11 is 0. The van der Waals surface area contributed by atoms with Gasteiger partial charge in [0.2, 0.25) is 5.88 Å². The molecule has 2 N–H and O–H groups in total. The fourth-order valence-corrected chi connectivity index (χ4v) is 4.80. The van der Waals surface area contributed by atoms with Crippen molar-refractivity contribution in [2.24, 2.45) is 0 Å². The second-order valence-corrected chi connectivity index (χ2v) is 10.8. The first-order valence-corrected chi connectivity index (χ1v) is 14.0. The molecule has 5 rings (SSSR count). The number of imidazole rings is 1. The van der Waals surface area contributed by atoms with Gasteiger partial charge in [-0.05, 0) is 53.9 Å². The van der Waals surface area contributed by atoms with Crippen molar-refractivity contribution < 1.29 is 61.9 Å². The van der Waals surface area contributed by atoms with Crippen molar-refractivity contribution in [3.05, 3.63) is 107 Å². The van der Waals surface area contributed by atoms with Crippen LogP contribution in [0.1, 0.15) is 28.9 Å². The average molecular weight is 586 g/mol. The number of halogens is 1. The second kappa shape index (κ2) is 13.0. The van der Waals surface area contributed by atoms with Crippen molar-refractivity contribution in [2.75, 3.05) is 12.4 Å². The number of nitrogens with zero attached hydrogens (tertiary/aromatic N) is 3. The molecule has 12 heteroatoms. The van der Waals surface area contributed by atoms with Gasteiger partial charge >= 0.3 is 29.6 Å². The van der Waals surface area contributed by atoms with E-state index in [9.17, 15) is 27.6 Å². The zero-order valence-electron chi connectivity index (χ0n) is 22.2. The normalized spacial score (nSPS) is 11.4. The quantitative estimate of drug-likeness (QED) is 0.143. The molecule has 0 aliphatic rings. The maximum Gasteiger partial charge on any atom is 1.00 e. The van der Waals surface area contributed by atoms with Crippen LogP contribution < -0.4 is 34.3 Å². The summed E-state index contributed by atoms with van der Waals surface area (Å²) in [5.74, 6) is -1.30. The summed E-state index contributed by atoms with van der Waals surface area (Å²) < 4.78 is 53.6. The summed E-state index contributed by atoms with van der Waals surface area (Å²) in [5.41, 5.74) is 4.29. The van der Waals surface area contributed by atoms with Gasteiger partial charge in [-0.2, -0.15) is 0 Å². The van der Waals surface area contributed by atoms with Gasteiger partial charge in [0.05, 0.1) is 28.1 Å². The molecule has 0 saturated carbocycles. The Morgan fingerprint density at radius 3 is 2.29 bits per heavy atom. The van der Waals surface area contributed by atoms with Crippen molar-refractivity contribution in [3.63, 3.8) is 0 Å². The Morgan fingerprint density at radius 2 is 1.61 bits per heavy atom. The number of phenolic OH excluding ortho intramolecular Hbond substituents is 1. The molecule has 206 valence electrons. The zero-order valence-corrected chi connectivity index (χ0v) is 25.0. The average Bonchev–Trinajstić information content (AvgIpc) is 3.23. The first-order chi connectivity index (χ1) is 19.2. The zero-order chi connectivity index (χ0) is 28.3. The number of hydrogen-bond acceptors (Lipinski definition) is 8. The molecule has 0 bridgehead atoms. The third kappa shape index (κ3) is 7.63. The second-order valence-electron chi connectivity index (χ2n) is 9.26. The number of hydrogen-bond donors (Lipinski definition) is 2. The summed E-state index contributed by atoms with van der Waals surface area (Å²) in [6.45, 7) is -0.120. The number of rotatable bonds is 10. The Bertz CT molecular complexity index is 1760. The van der Waals surface area contributed by atoms with Crippen LogP contribution in [0.5, 0.6) is 17.4 Å². The summed E-state index contributed by atoms with van der Waals surface area (Å²) in [6.07, 6.45) is 2.20. The van der Waals surface area contributed by atoms with Crippen LogP contribution in [-0.4, -0.2) is 49.9 Å². The number of benzene rings is 3. The molecule has 0 unspecified atom stereocenters. The van der Waals surface area contributed by atoms with Crippen LogP contribution in [-0.2, 0) is 23.0 Å². The minimum absolute atomic E-state index is 0. The van der Waals surface area contributed by atoms with Gasteiger partial charge in [0.1, 0.15) is 11.4 Å². The third-order valence-electron chi connectivity index (χ3n) is 6.26. The van der Waals surface area contributed by atoms with E-state index in [-0.39, 0.29) is 66.4 Å². The number of aromatic nitrogens is 3. The van der Waals surface area contributed by atoms with Crippen LogP contribution in [0.2, 0.25) is 0 Å². The number of phenols is 1. The van der Waals surface area contributed by atoms with Crippen molar-refractivity contribution in [1.29, 1.82) is 0 Å². The smallest absolute Gasteiger partial charge is 0.748 e. The summed E-state index contributed by atoms with van der Waals surface area (Å²) in [6, 6.07) is 20.6. The van der Waals surface area contributed by atoms with Crippen LogP contribution in [0.3, 0.4) is 0 Å². The molecule has 2 heterocycles. The predicted molar refractivity (Wildman–Crippen MR) is 145 cm³/mol. The van der Waals surface area contributed by atoms with Crippen LogP contribution in [0, 0.1) is 5.82 Å². The predicted octanol–water partition coefficient (Wildman–Crippen LogP) is 1.45. The van der Waals surface area contributed by atoms with Gasteiger partial charge in [0, 0.05) is 30.4 Å². The van der Waals surface area contributed by atoms with E-state index in [4.69, 9.17) is 9.72 Å². The van der Waals surface area contributed by atoms with E-state index < -0.39 is 21.7 Å². The van der Waals surface area contributed by atoms with Crippen LogP contribution in [0.4, 0.5) is 4.39 Å². The molecule has 2 aromatic heterocycles. The molecule has 0 spiro atoms. The van der Waals surface area contributed by atoms with Gasteiger partial charge in [-0.15, -0.1) is 0 Å². The molecule has 0 saturated heterocycles. The van der Waals surface area contributed by atoms with E-state index in [1.54, 1.807) is 40.9 Å². The molecule has 0 amide bonds. The molecule has 0 aliphatic heterocycles. The van der Waals surface area contributed by atoms with Gasteiger partial charge < -0.3 is 19.5 Å². The van der Waals surface area contributed by atoms with Gasteiger partial charge in [-0.25, -0.2) is 22.8 Å². The maximum absolute atomic E-state index is 14.7. The first-order valence-electron chi connectivity index (χ1n) is 12.4. The van der Waals surface area contributed by atoms with Gasteiger partial charge in [0.25, 0.3) is 0 Å². The van der Waals surface area contributed by atoms with E-state index in [0.717, 1.165) is 11.1 Å². The van der Waals surface area contributed by atoms with Gasteiger partial charge in [0.15, 0.2) is 17.2 Å². The van der Waals surface area contributed by atoms with Crippen molar-refractivity contribution in [2.45, 2.75) is 19.3 Å². The fourth-order valence-electron chi connectivity index (χ4n) is 4.32. The minimum Gasteiger partial charge on any atom is -0.748 e. The third-order valence-corrected chi connectivity index (χ3v) is 7.05. The monoisotopic (exact) mass is 585 g/mol. The molecule has 41 heavy (non-hydrogen) atoms. The maximum atomic E-state index is 14.7. The molecular formula is C29H25FN3NaO6S. The van der Waals surface area contributed by atoms with Crippen LogP contribution >= 0.6 is 0 Å². The number of aromatic hydroxyl groups is 2. The van der Waals surface area contributed by atoms with Crippen molar-refractivity contribution in [3.8, 4) is 28.6 Å². The molecule has 9 nitrogen and oxygen atoms in total. The molecule has 0 radical (unpaired) electrons. The van der Waals surface area contributed by atoms with E-state index in [1.165, 1.54) is 12.1 Å². The molecule has 3 aromatic carbocycles. The topological polar surface area (TPSA) is 137 Å². The van der Waals surface area contributed by atoms with Crippen LogP contribution in [0.15, 0.2) is 79.0 Å². The summed E-state index contributed by atoms with van der Waals surface area (Å²) in [4.78, 5) is 9.48. The standard InChI is InChI=1S/C29H26FN3O6S.Na/c30-23-15-20(7-12-27(23)39-13-4-14-40(36,37)38)17-25-29(35)33-18-26(21-8-10-22(34)11-9-21)31-24(28(33)32-25)16-19-5-2-1-3-6-19;/h1-3,5-12,15,18,34-35H,4,13-14,16-17H2,(H,36,37,38);/q;+1/p-1. The Hall–Kier alpha value is -3.48. The van der Waals surface area contributed by atoms with Gasteiger partial charge in [-0.1, -0.05) is 36.4 Å². The Balaban J connectivity index is 0.00000387. The van der Waals surface area contributed by atoms with Gasteiger partial charge in [-0.3, -0.25) is 4.40 Å². The van der Waals surface area contributed by atoms with E-state index in [1.807, 2.05) is 30.3 Å². The number of ether oxygens (including phenoxy) is 1. The Kier molecular flexibility index (Phi) is 9.67. The summed E-state index contributed by atoms with van der Waals surface area (Å²) in [5, 5.41) is 20.8. The van der Waals surface area contributed by atoms with Crippen molar-refractivity contribution in [1.82, 2.24) is 14.4 Å². The fraction of sp³-hybridized carbons (Fsp3) is 0.172. The van der Waals surface area contributed by atoms with E-state index in [2.05, 4.69) is 4.98 Å². The van der Waals surface area contributed by atoms with Crippen molar-refractivity contribution >= 4 is 15.8 Å². The van der Waals surface area contributed by atoms with E-state index >= 15 is 0 Å². The Morgan fingerprint density at radius 1 is 0.902 bits per heavy atom. The molecule has 0 fully saturated rings. The number of fused-ring (bicyclic) bond motifs is 1. The molecule has 5 aromatic rings. The molecule has 0 atom stereocenters. The van der Waals surface area contributed by atoms with E-state index in [0.29, 0.717) is 34.7 Å². The first kappa shape index (κ1) is 30.5. The SMILES string of the molecule is O=S(=O)([O-])CCCOc1ccc(Cc2nc3c(Cc4ccccc4)nc(-c4ccc(O)cc4)cn3c2O)cc1F.[Na+]. The van der Waals surface area contributed by atoms with Crippen LogP contribution in [0.25, 0.3) is 16.9 Å².